The standard InChI is InChI=1S/C17H17BrN2O/c1-20(16-15(18)10-5-11-19-16)17(21)14-9-4-7-12-6-2-3-8-13(12)14/h2-3,5-6,8,10-11,14H,4,7,9H2,1H3/t14-/m0/s1. The first-order chi connectivity index (χ1) is 10.2. The van der Waals surface area contributed by atoms with Crippen LogP contribution in [0.3, 0.4) is 0 Å². The lowest BCUT2D eigenvalue weighted by atomic mass is 9.82. The van der Waals surface area contributed by atoms with Gasteiger partial charge in [-0.1, -0.05) is 24.3 Å². The molecular formula is C17H17BrN2O. The van der Waals surface area contributed by atoms with E-state index in [2.05, 4.69) is 33.0 Å². The van der Waals surface area contributed by atoms with Crippen molar-refractivity contribution in [1.29, 1.82) is 0 Å². The lowest BCUT2D eigenvalue weighted by molar-refractivity contribution is -0.120. The van der Waals surface area contributed by atoms with E-state index in [0.717, 1.165) is 23.7 Å². The van der Waals surface area contributed by atoms with Gasteiger partial charge < -0.3 is 0 Å². The zero-order valence-corrected chi connectivity index (χ0v) is 13.5. The molecule has 1 aromatic carbocycles. The number of rotatable bonds is 2. The molecule has 0 N–H and O–H groups in total. The van der Waals surface area contributed by atoms with E-state index in [9.17, 15) is 4.79 Å². The van der Waals surface area contributed by atoms with Crippen LogP contribution in [-0.2, 0) is 11.2 Å². The molecule has 1 aliphatic rings. The van der Waals surface area contributed by atoms with Crippen LogP contribution in [-0.4, -0.2) is 17.9 Å². The van der Waals surface area contributed by atoms with E-state index in [0.29, 0.717) is 5.82 Å². The molecule has 1 heterocycles. The first-order valence-corrected chi connectivity index (χ1v) is 7.93. The number of pyridine rings is 1. The Labute approximate surface area is 133 Å². The van der Waals surface area contributed by atoms with Gasteiger partial charge in [0.05, 0.1) is 10.4 Å². The highest BCUT2D eigenvalue weighted by Gasteiger charge is 2.29. The quantitative estimate of drug-likeness (QED) is 0.826. The number of halogens is 1. The number of likely N-dealkylation sites (N-methyl/N-ethyl adjacent to an activating group) is 1. The number of hydrogen-bond donors (Lipinski definition) is 0. The van der Waals surface area contributed by atoms with Gasteiger partial charge in [0.25, 0.3) is 0 Å². The Morgan fingerprint density at radius 2 is 2.10 bits per heavy atom. The molecule has 3 nitrogen and oxygen atoms in total. The van der Waals surface area contributed by atoms with Gasteiger partial charge >= 0.3 is 0 Å². The van der Waals surface area contributed by atoms with E-state index in [1.165, 1.54) is 11.1 Å². The van der Waals surface area contributed by atoms with Gasteiger partial charge in [-0.3, -0.25) is 9.69 Å². The Hall–Kier alpha value is -1.68. The summed E-state index contributed by atoms with van der Waals surface area (Å²) in [5.74, 6) is 0.723. The Balaban J connectivity index is 1.91. The van der Waals surface area contributed by atoms with Gasteiger partial charge in [-0.05, 0) is 58.5 Å². The molecule has 0 saturated carbocycles. The van der Waals surface area contributed by atoms with E-state index in [1.54, 1.807) is 18.1 Å². The highest BCUT2D eigenvalue weighted by atomic mass is 79.9. The Bertz CT molecular complexity index is 671. The van der Waals surface area contributed by atoms with E-state index in [1.807, 2.05) is 24.3 Å². The van der Waals surface area contributed by atoms with Crippen LogP contribution < -0.4 is 4.90 Å². The predicted molar refractivity (Wildman–Crippen MR) is 87.5 cm³/mol. The molecule has 0 unspecified atom stereocenters. The van der Waals surface area contributed by atoms with E-state index in [4.69, 9.17) is 0 Å². The number of aromatic nitrogens is 1. The van der Waals surface area contributed by atoms with Gasteiger partial charge in [0.2, 0.25) is 5.91 Å². The maximum atomic E-state index is 12.9. The average Bonchev–Trinajstić information content (AvgIpc) is 2.53. The average molecular weight is 345 g/mol. The molecule has 1 amide bonds. The lowest BCUT2D eigenvalue weighted by Crippen LogP contribution is -2.34. The Kier molecular flexibility index (Phi) is 4.06. The summed E-state index contributed by atoms with van der Waals surface area (Å²) in [4.78, 5) is 18.9. The molecule has 1 aliphatic carbocycles. The molecule has 0 aliphatic heterocycles. The highest BCUT2D eigenvalue weighted by Crippen LogP contribution is 2.34. The fourth-order valence-electron chi connectivity index (χ4n) is 2.97. The molecule has 1 atom stereocenters. The maximum absolute atomic E-state index is 12.9. The molecule has 2 aromatic rings. The second-order valence-corrected chi connectivity index (χ2v) is 6.20. The molecule has 3 rings (SSSR count). The monoisotopic (exact) mass is 344 g/mol. The van der Waals surface area contributed by atoms with Gasteiger partial charge in [0, 0.05) is 13.2 Å². The largest absolute Gasteiger partial charge is 0.298 e. The molecule has 0 bridgehead atoms. The number of nitrogens with zero attached hydrogens (tertiary/aromatic N) is 2. The van der Waals surface area contributed by atoms with Gasteiger partial charge in [0.15, 0.2) is 0 Å². The number of anilines is 1. The van der Waals surface area contributed by atoms with Crippen molar-refractivity contribution in [2.75, 3.05) is 11.9 Å². The number of aryl methyl sites for hydroxylation is 1. The molecule has 1 aromatic heterocycles. The van der Waals surface area contributed by atoms with Crippen LogP contribution in [0.25, 0.3) is 0 Å². The van der Waals surface area contributed by atoms with E-state index < -0.39 is 0 Å². The summed E-state index contributed by atoms with van der Waals surface area (Å²) in [6.07, 6.45) is 4.74. The predicted octanol–water partition coefficient (Wildman–Crippen LogP) is 3.93. The molecule has 0 spiro atoms. The van der Waals surface area contributed by atoms with Crippen LogP contribution in [0.1, 0.15) is 29.9 Å². The van der Waals surface area contributed by atoms with Crippen LogP contribution in [0, 0.1) is 0 Å². The topological polar surface area (TPSA) is 33.2 Å². The number of carbonyl (C=O) groups is 1. The van der Waals surface area contributed by atoms with E-state index >= 15 is 0 Å². The second kappa shape index (κ2) is 5.98. The Morgan fingerprint density at radius 1 is 1.29 bits per heavy atom. The summed E-state index contributed by atoms with van der Waals surface area (Å²) >= 11 is 3.46. The highest BCUT2D eigenvalue weighted by molar-refractivity contribution is 9.10. The molecular weight excluding hydrogens is 328 g/mol. The zero-order chi connectivity index (χ0) is 14.8. The van der Waals surface area contributed by atoms with Crippen molar-refractivity contribution in [3.8, 4) is 0 Å². The third-order valence-electron chi connectivity index (χ3n) is 4.05. The van der Waals surface area contributed by atoms with Crippen molar-refractivity contribution >= 4 is 27.7 Å². The lowest BCUT2D eigenvalue weighted by Gasteiger charge is -2.28. The van der Waals surface area contributed by atoms with Gasteiger partial charge in [-0.15, -0.1) is 0 Å². The third kappa shape index (κ3) is 2.72. The Morgan fingerprint density at radius 3 is 2.90 bits per heavy atom. The summed E-state index contributed by atoms with van der Waals surface area (Å²) in [5, 5.41) is 0. The summed E-state index contributed by atoms with van der Waals surface area (Å²) in [7, 11) is 1.80. The van der Waals surface area contributed by atoms with Gasteiger partial charge in [-0.25, -0.2) is 4.98 Å². The molecule has 4 heteroatoms. The first kappa shape index (κ1) is 14.3. The van der Waals surface area contributed by atoms with Gasteiger partial charge in [0.1, 0.15) is 5.82 Å². The summed E-state index contributed by atoms with van der Waals surface area (Å²) in [6, 6.07) is 12.0. The van der Waals surface area contributed by atoms with Crippen molar-refractivity contribution < 1.29 is 4.79 Å². The zero-order valence-electron chi connectivity index (χ0n) is 11.9. The van der Waals surface area contributed by atoms with Crippen LogP contribution in [0.4, 0.5) is 5.82 Å². The number of fused-ring (bicyclic) bond motifs is 1. The van der Waals surface area contributed by atoms with Gasteiger partial charge in [-0.2, -0.15) is 0 Å². The minimum Gasteiger partial charge on any atom is -0.298 e. The smallest absolute Gasteiger partial charge is 0.235 e. The molecule has 0 saturated heterocycles. The van der Waals surface area contributed by atoms with Crippen molar-refractivity contribution in [3.63, 3.8) is 0 Å². The van der Waals surface area contributed by atoms with E-state index in [-0.39, 0.29) is 11.8 Å². The van der Waals surface area contributed by atoms with Crippen molar-refractivity contribution in [1.82, 2.24) is 4.98 Å². The minimum atomic E-state index is -0.0612. The first-order valence-electron chi connectivity index (χ1n) is 7.14. The number of carbonyl (C=O) groups excluding carboxylic acids is 1. The molecule has 108 valence electrons. The molecule has 0 radical (unpaired) electrons. The van der Waals surface area contributed by atoms with Crippen molar-refractivity contribution in [3.05, 3.63) is 58.2 Å². The SMILES string of the molecule is CN(C(=O)[C@H]1CCCc2ccccc21)c1ncccc1Br. The fourth-order valence-corrected chi connectivity index (χ4v) is 3.49. The molecule has 21 heavy (non-hydrogen) atoms. The number of hydrogen-bond acceptors (Lipinski definition) is 2. The number of benzene rings is 1. The normalized spacial score (nSPS) is 17.1. The second-order valence-electron chi connectivity index (χ2n) is 5.35. The number of amides is 1. The van der Waals surface area contributed by atoms with Crippen LogP contribution in [0.5, 0.6) is 0 Å². The summed E-state index contributed by atoms with van der Waals surface area (Å²) in [6.45, 7) is 0. The van der Waals surface area contributed by atoms with Crippen LogP contribution in [0.2, 0.25) is 0 Å². The summed E-state index contributed by atoms with van der Waals surface area (Å²) in [5.41, 5.74) is 2.48. The van der Waals surface area contributed by atoms with Crippen molar-refractivity contribution in [2.24, 2.45) is 0 Å². The van der Waals surface area contributed by atoms with Crippen LogP contribution >= 0.6 is 15.9 Å². The van der Waals surface area contributed by atoms with Crippen molar-refractivity contribution in [2.45, 2.75) is 25.2 Å². The fraction of sp³-hybridized carbons (Fsp3) is 0.294. The molecule has 0 fully saturated rings. The third-order valence-corrected chi connectivity index (χ3v) is 4.67. The van der Waals surface area contributed by atoms with Crippen LogP contribution in [0.15, 0.2) is 47.1 Å². The summed E-state index contributed by atoms with van der Waals surface area (Å²) < 4.78 is 0.838. The maximum Gasteiger partial charge on any atom is 0.235 e. The minimum absolute atomic E-state index is 0.0612.